The summed E-state index contributed by atoms with van der Waals surface area (Å²) in [5.41, 5.74) is 2.02. The summed E-state index contributed by atoms with van der Waals surface area (Å²) in [6, 6.07) is 7.57. The number of carbonyl (C=O) groups excluding carboxylic acids is 2. The number of hydrazine groups is 1. The van der Waals surface area contributed by atoms with Crippen molar-refractivity contribution in [2.75, 3.05) is 0 Å². The summed E-state index contributed by atoms with van der Waals surface area (Å²) in [5, 5.41) is 0.861. The second-order valence-electron chi connectivity index (χ2n) is 7.54. The molecule has 1 aromatic heterocycles. The van der Waals surface area contributed by atoms with Gasteiger partial charge in [-0.25, -0.2) is 5.01 Å². The first-order chi connectivity index (χ1) is 13.3. The molecule has 1 aromatic carbocycles. The van der Waals surface area contributed by atoms with Gasteiger partial charge in [-0.2, -0.15) is 13.2 Å². The highest BCUT2D eigenvalue weighted by atomic mass is 35.5. The van der Waals surface area contributed by atoms with Crippen LogP contribution in [0.1, 0.15) is 48.0 Å². The molecule has 0 atom stereocenters. The van der Waals surface area contributed by atoms with Crippen LogP contribution in [0.5, 0.6) is 0 Å². The zero-order chi connectivity index (χ0) is 22.0. The SMILES string of the molecule is Cc1cccc(C(=O)NN(C(=O)Cc2ncc(C(F)(F)F)cc2Cl)C(C)(C)C)c1. The Bertz CT molecular complexity index is 924. The minimum absolute atomic E-state index is 0.0104. The minimum Gasteiger partial charge on any atom is -0.273 e. The summed E-state index contributed by atoms with van der Waals surface area (Å²) in [6.45, 7) is 6.97. The molecule has 0 spiro atoms. The number of rotatable bonds is 3. The van der Waals surface area contributed by atoms with Crippen LogP contribution in [0.2, 0.25) is 5.02 Å². The largest absolute Gasteiger partial charge is 0.417 e. The van der Waals surface area contributed by atoms with E-state index in [2.05, 4.69) is 10.4 Å². The maximum absolute atomic E-state index is 12.8. The van der Waals surface area contributed by atoms with Gasteiger partial charge in [-0.3, -0.25) is 20.0 Å². The number of hydrogen-bond acceptors (Lipinski definition) is 3. The summed E-state index contributed by atoms with van der Waals surface area (Å²) < 4.78 is 38.3. The fraction of sp³-hybridized carbons (Fsp3) is 0.350. The Labute approximate surface area is 171 Å². The second-order valence-corrected chi connectivity index (χ2v) is 7.94. The van der Waals surface area contributed by atoms with Crippen molar-refractivity contribution in [3.05, 3.63) is 63.9 Å². The van der Waals surface area contributed by atoms with Crippen molar-refractivity contribution in [2.24, 2.45) is 0 Å². The number of amides is 2. The first-order valence-corrected chi connectivity index (χ1v) is 9.09. The van der Waals surface area contributed by atoms with Gasteiger partial charge in [0.15, 0.2) is 0 Å². The highest BCUT2D eigenvalue weighted by Crippen LogP contribution is 2.31. The predicted octanol–water partition coefficient (Wildman–Crippen LogP) is 4.58. The molecule has 1 heterocycles. The van der Waals surface area contributed by atoms with Crippen LogP contribution < -0.4 is 5.43 Å². The van der Waals surface area contributed by atoms with Crippen molar-refractivity contribution >= 4 is 23.4 Å². The number of aromatic nitrogens is 1. The van der Waals surface area contributed by atoms with Gasteiger partial charge in [0.2, 0.25) is 5.91 Å². The van der Waals surface area contributed by atoms with Crippen LogP contribution in [-0.4, -0.2) is 27.3 Å². The van der Waals surface area contributed by atoms with Gasteiger partial charge in [0.1, 0.15) is 0 Å². The molecule has 0 saturated heterocycles. The van der Waals surface area contributed by atoms with Crippen LogP contribution in [0, 0.1) is 6.92 Å². The zero-order valence-electron chi connectivity index (χ0n) is 16.4. The van der Waals surface area contributed by atoms with Crippen LogP contribution in [0.15, 0.2) is 36.5 Å². The van der Waals surface area contributed by atoms with E-state index in [9.17, 15) is 22.8 Å². The van der Waals surface area contributed by atoms with Crippen molar-refractivity contribution in [3.8, 4) is 0 Å². The van der Waals surface area contributed by atoms with E-state index in [1.807, 2.05) is 13.0 Å². The lowest BCUT2D eigenvalue weighted by Gasteiger charge is -2.35. The van der Waals surface area contributed by atoms with E-state index in [0.29, 0.717) is 11.8 Å². The molecular weight excluding hydrogens is 407 g/mol. The maximum atomic E-state index is 12.8. The second kappa shape index (κ2) is 8.41. The molecule has 1 N–H and O–H groups in total. The van der Waals surface area contributed by atoms with Crippen LogP contribution in [-0.2, 0) is 17.4 Å². The quantitative estimate of drug-likeness (QED) is 0.729. The number of carbonyl (C=O) groups is 2. The molecule has 156 valence electrons. The van der Waals surface area contributed by atoms with Crippen molar-refractivity contribution < 1.29 is 22.8 Å². The standard InChI is InChI=1S/C20H21ClF3N3O2/c1-12-6-5-7-13(8-12)18(29)26-27(19(2,3)4)17(28)10-16-15(21)9-14(11-25-16)20(22,23)24/h5-9,11H,10H2,1-4H3,(H,26,29). The van der Waals surface area contributed by atoms with Crippen LogP contribution >= 0.6 is 11.6 Å². The molecule has 0 fully saturated rings. The molecule has 2 amide bonds. The summed E-state index contributed by atoms with van der Waals surface area (Å²) in [4.78, 5) is 29.1. The molecule has 0 saturated carbocycles. The lowest BCUT2D eigenvalue weighted by Crippen LogP contribution is -2.56. The average molecular weight is 428 g/mol. The molecular formula is C20H21ClF3N3O2. The molecule has 0 aliphatic heterocycles. The van der Waals surface area contributed by atoms with Crippen molar-refractivity contribution in [1.82, 2.24) is 15.4 Å². The summed E-state index contributed by atoms with van der Waals surface area (Å²) >= 11 is 5.90. The molecule has 0 radical (unpaired) electrons. The number of pyridine rings is 1. The monoisotopic (exact) mass is 427 g/mol. The molecule has 0 unspecified atom stereocenters. The van der Waals surface area contributed by atoms with Gasteiger partial charge in [0.25, 0.3) is 5.91 Å². The Kier molecular flexibility index (Phi) is 6.57. The third-order valence-corrected chi connectivity index (χ3v) is 4.30. The Morgan fingerprint density at radius 2 is 1.83 bits per heavy atom. The Hall–Kier alpha value is -2.61. The van der Waals surface area contributed by atoms with E-state index in [-0.39, 0.29) is 17.1 Å². The zero-order valence-corrected chi connectivity index (χ0v) is 17.1. The van der Waals surface area contributed by atoms with E-state index >= 15 is 0 Å². The fourth-order valence-corrected chi connectivity index (χ4v) is 2.76. The minimum atomic E-state index is -4.58. The first kappa shape index (κ1) is 22.7. The number of hydrogen-bond donors (Lipinski definition) is 1. The normalized spacial score (nSPS) is 11.9. The number of nitrogens with one attached hydrogen (secondary N) is 1. The number of benzene rings is 1. The van der Waals surface area contributed by atoms with Gasteiger partial charge < -0.3 is 0 Å². The molecule has 29 heavy (non-hydrogen) atoms. The van der Waals surface area contributed by atoms with E-state index in [1.54, 1.807) is 39.0 Å². The van der Waals surface area contributed by atoms with Gasteiger partial charge in [0, 0.05) is 11.8 Å². The molecule has 5 nitrogen and oxygen atoms in total. The van der Waals surface area contributed by atoms with Gasteiger partial charge >= 0.3 is 6.18 Å². The van der Waals surface area contributed by atoms with Crippen LogP contribution in [0.4, 0.5) is 13.2 Å². The highest BCUT2D eigenvalue weighted by Gasteiger charge is 2.33. The van der Waals surface area contributed by atoms with Crippen LogP contribution in [0.25, 0.3) is 0 Å². The van der Waals surface area contributed by atoms with Crippen molar-refractivity contribution in [3.63, 3.8) is 0 Å². The lowest BCUT2D eigenvalue weighted by molar-refractivity contribution is -0.138. The number of halogens is 4. The topological polar surface area (TPSA) is 62.3 Å². The van der Waals surface area contributed by atoms with E-state index in [4.69, 9.17) is 11.6 Å². The first-order valence-electron chi connectivity index (χ1n) is 8.71. The number of nitrogens with zero attached hydrogens (tertiary/aromatic N) is 2. The lowest BCUT2D eigenvalue weighted by atomic mass is 10.1. The molecule has 0 aliphatic rings. The Morgan fingerprint density at radius 3 is 2.34 bits per heavy atom. The number of alkyl halides is 3. The van der Waals surface area contributed by atoms with E-state index in [0.717, 1.165) is 16.6 Å². The van der Waals surface area contributed by atoms with Gasteiger partial charge in [-0.1, -0.05) is 29.3 Å². The summed E-state index contributed by atoms with van der Waals surface area (Å²) in [6.07, 6.45) is -4.33. The molecule has 9 heteroatoms. The van der Waals surface area contributed by atoms with Gasteiger partial charge in [-0.15, -0.1) is 0 Å². The fourth-order valence-electron chi connectivity index (χ4n) is 2.53. The smallest absolute Gasteiger partial charge is 0.273 e. The average Bonchev–Trinajstić information content (AvgIpc) is 2.59. The van der Waals surface area contributed by atoms with Gasteiger partial charge in [0.05, 0.1) is 28.2 Å². The third kappa shape index (κ3) is 5.93. The molecule has 2 aromatic rings. The van der Waals surface area contributed by atoms with E-state index in [1.165, 1.54) is 0 Å². The van der Waals surface area contributed by atoms with Crippen molar-refractivity contribution in [1.29, 1.82) is 0 Å². The maximum Gasteiger partial charge on any atom is 0.417 e. The third-order valence-electron chi connectivity index (χ3n) is 3.98. The molecule has 0 aliphatic carbocycles. The summed E-state index contributed by atoms with van der Waals surface area (Å²) in [7, 11) is 0. The Balaban J connectivity index is 2.23. The van der Waals surface area contributed by atoms with Crippen molar-refractivity contribution in [2.45, 2.75) is 45.8 Å². The van der Waals surface area contributed by atoms with E-state index < -0.39 is 29.1 Å². The summed E-state index contributed by atoms with van der Waals surface area (Å²) in [5.74, 6) is -1.05. The van der Waals surface area contributed by atoms with Gasteiger partial charge in [-0.05, 0) is 45.9 Å². The number of aryl methyl sites for hydroxylation is 1. The predicted molar refractivity (Wildman–Crippen MR) is 103 cm³/mol. The Morgan fingerprint density at radius 1 is 1.17 bits per heavy atom. The molecule has 2 rings (SSSR count). The highest BCUT2D eigenvalue weighted by molar-refractivity contribution is 6.31. The van der Waals surface area contributed by atoms with Crippen LogP contribution in [0.3, 0.4) is 0 Å². The molecule has 0 bridgehead atoms.